The molecule has 0 amide bonds. The molecule has 0 bridgehead atoms. The predicted octanol–water partition coefficient (Wildman–Crippen LogP) is 2.51. The van der Waals surface area contributed by atoms with Gasteiger partial charge in [0.1, 0.15) is 11.9 Å². The molecule has 1 aromatic rings. The first-order valence-electron chi connectivity index (χ1n) is 7.58. The van der Waals surface area contributed by atoms with E-state index in [4.69, 9.17) is 9.47 Å². The SMILES string of the molecule is CC[C@]1(c2cccc(O)c2)OC[C@H]([C@@H]2CCCCN2)O1. The van der Waals surface area contributed by atoms with Crippen LogP contribution in [0.25, 0.3) is 0 Å². The van der Waals surface area contributed by atoms with Crippen molar-refractivity contribution in [1.29, 1.82) is 0 Å². The molecule has 1 aromatic carbocycles. The Balaban J connectivity index is 1.77. The van der Waals surface area contributed by atoms with Crippen LogP contribution in [0.2, 0.25) is 0 Å². The van der Waals surface area contributed by atoms with Gasteiger partial charge in [-0.3, -0.25) is 0 Å². The number of ether oxygens (including phenoxy) is 2. The van der Waals surface area contributed by atoms with Gasteiger partial charge in [0.25, 0.3) is 0 Å². The zero-order chi connectivity index (χ0) is 14.0. The fourth-order valence-electron chi connectivity index (χ4n) is 3.21. The number of hydrogen-bond acceptors (Lipinski definition) is 4. The summed E-state index contributed by atoms with van der Waals surface area (Å²) >= 11 is 0. The highest BCUT2D eigenvalue weighted by molar-refractivity contribution is 5.30. The maximum atomic E-state index is 9.67. The summed E-state index contributed by atoms with van der Waals surface area (Å²) in [6, 6.07) is 7.58. The lowest BCUT2D eigenvalue weighted by Gasteiger charge is -2.31. The molecule has 0 aliphatic carbocycles. The normalized spacial score (nSPS) is 34.2. The second kappa shape index (κ2) is 5.72. The number of piperidine rings is 1. The lowest BCUT2D eigenvalue weighted by Crippen LogP contribution is -2.45. The van der Waals surface area contributed by atoms with Gasteiger partial charge in [-0.05, 0) is 31.5 Å². The zero-order valence-corrected chi connectivity index (χ0v) is 12.0. The number of phenols is 1. The first-order valence-corrected chi connectivity index (χ1v) is 7.58. The van der Waals surface area contributed by atoms with Gasteiger partial charge in [0.2, 0.25) is 0 Å². The summed E-state index contributed by atoms with van der Waals surface area (Å²) in [5.41, 5.74) is 0.901. The minimum absolute atomic E-state index is 0.0950. The number of aromatic hydroxyl groups is 1. The van der Waals surface area contributed by atoms with Crippen LogP contribution < -0.4 is 5.32 Å². The number of benzene rings is 1. The van der Waals surface area contributed by atoms with Crippen LogP contribution in [0.3, 0.4) is 0 Å². The van der Waals surface area contributed by atoms with E-state index in [9.17, 15) is 5.11 Å². The van der Waals surface area contributed by atoms with E-state index < -0.39 is 5.79 Å². The molecule has 0 aromatic heterocycles. The van der Waals surface area contributed by atoms with E-state index in [1.165, 1.54) is 12.8 Å². The van der Waals surface area contributed by atoms with Crippen molar-refractivity contribution in [2.24, 2.45) is 0 Å². The van der Waals surface area contributed by atoms with E-state index in [0.29, 0.717) is 12.6 Å². The van der Waals surface area contributed by atoms with Gasteiger partial charge in [-0.15, -0.1) is 0 Å². The summed E-state index contributed by atoms with van der Waals surface area (Å²) in [6.07, 6.45) is 4.48. The Morgan fingerprint density at radius 1 is 1.40 bits per heavy atom. The van der Waals surface area contributed by atoms with Crippen LogP contribution >= 0.6 is 0 Å². The molecule has 0 radical (unpaired) electrons. The molecule has 3 rings (SSSR count). The highest BCUT2D eigenvalue weighted by Crippen LogP contribution is 2.39. The Kier molecular flexibility index (Phi) is 3.96. The topological polar surface area (TPSA) is 50.7 Å². The predicted molar refractivity (Wildman–Crippen MR) is 76.5 cm³/mol. The molecule has 0 saturated carbocycles. The summed E-state index contributed by atoms with van der Waals surface area (Å²) in [4.78, 5) is 0. The smallest absolute Gasteiger partial charge is 0.195 e. The van der Waals surface area contributed by atoms with Crippen molar-refractivity contribution >= 4 is 0 Å². The Bertz CT molecular complexity index is 459. The molecular formula is C16H23NO3. The summed E-state index contributed by atoms with van der Waals surface area (Å²) in [5, 5.41) is 13.2. The molecule has 0 spiro atoms. The van der Waals surface area contributed by atoms with Gasteiger partial charge in [-0.1, -0.05) is 25.5 Å². The number of rotatable bonds is 3. The lowest BCUT2D eigenvalue weighted by atomic mass is 10.00. The van der Waals surface area contributed by atoms with Crippen molar-refractivity contribution in [2.75, 3.05) is 13.2 Å². The largest absolute Gasteiger partial charge is 0.508 e. The number of nitrogens with one attached hydrogen (secondary N) is 1. The summed E-state index contributed by atoms with van der Waals surface area (Å²) < 4.78 is 12.3. The maximum absolute atomic E-state index is 9.67. The molecule has 2 N–H and O–H groups in total. The Morgan fingerprint density at radius 2 is 2.30 bits per heavy atom. The van der Waals surface area contributed by atoms with E-state index in [1.807, 2.05) is 12.1 Å². The van der Waals surface area contributed by atoms with E-state index in [0.717, 1.165) is 24.9 Å². The third-order valence-corrected chi connectivity index (χ3v) is 4.37. The Morgan fingerprint density at radius 3 is 3.00 bits per heavy atom. The fraction of sp³-hybridized carbons (Fsp3) is 0.625. The first kappa shape index (κ1) is 13.9. The average molecular weight is 277 g/mol. The minimum atomic E-state index is -0.706. The monoisotopic (exact) mass is 277 g/mol. The molecule has 2 aliphatic rings. The third kappa shape index (κ3) is 2.55. The van der Waals surface area contributed by atoms with E-state index >= 15 is 0 Å². The molecule has 0 unspecified atom stereocenters. The van der Waals surface area contributed by atoms with Crippen molar-refractivity contribution in [2.45, 2.75) is 50.5 Å². The highest BCUT2D eigenvalue weighted by atomic mass is 16.7. The van der Waals surface area contributed by atoms with Crippen LogP contribution in [-0.4, -0.2) is 30.4 Å². The summed E-state index contributed by atoms with van der Waals surface area (Å²) in [7, 11) is 0. The van der Waals surface area contributed by atoms with E-state index in [1.54, 1.807) is 12.1 Å². The molecule has 4 nitrogen and oxygen atoms in total. The van der Waals surface area contributed by atoms with Crippen LogP contribution in [0.4, 0.5) is 0 Å². The average Bonchev–Trinajstić information content (AvgIpc) is 2.94. The van der Waals surface area contributed by atoms with Gasteiger partial charge in [-0.25, -0.2) is 0 Å². The van der Waals surface area contributed by atoms with Crippen molar-refractivity contribution < 1.29 is 14.6 Å². The van der Waals surface area contributed by atoms with Gasteiger partial charge < -0.3 is 19.9 Å². The third-order valence-electron chi connectivity index (χ3n) is 4.37. The van der Waals surface area contributed by atoms with Gasteiger partial charge in [-0.2, -0.15) is 0 Å². The number of phenolic OH excluding ortho intramolecular Hbond substituents is 1. The highest BCUT2D eigenvalue weighted by Gasteiger charge is 2.44. The second-order valence-electron chi connectivity index (χ2n) is 5.68. The molecular weight excluding hydrogens is 254 g/mol. The Hall–Kier alpha value is -1.10. The molecule has 110 valence electrons. The molecule has 20 heavy (non-hydrogen) atoms. The minimum Gasteiger partial charge on any atom is -0.508 e. The fourth-order valence-corrected chi connectivity index (χ4v) is 3.21. The van der Waals surface area contributed by atoms with Crippen molar-refractivity contribution in [3.8, 4) is 5.75 Å². The van der Waals surface area contributed by atoms with Crippen LogP contribution in [0.5, 0.6) is 5.75 Å². The molecule has 2 heterocycles. The van der Waals surface area contributed by atoms with E-state index in [2.05, 4.69) is 12.2 Å². The van der Waals surface area contributed by atoms with Gasteiger partial charge in [0.05, 0.1) is 6.61 Å². The van der Waals surface area contributed by atoms with Crippen molar-refractivity contribution in [1.82, 2.24) is 5.32 Å². The zero-order valence-electron chi connectivity index (χ0n) is 12.0. The lowest BCUT2D eigenvalue weighted by molar-refractivity contribution is -0.182. The molecule has 2 fully saturated rings. The van der Waals surface area contributed by atoms with Gasteiger partial charge >= 0.3 is 0 Å². The molecule has 2 saturated heterocycles. The quantitative estimate of drug-likeness (QED) is 0.891. The Labute approximate surface area is 120 Å². The standard InChI is InChI=1S/C16H23NO3/c1-2-16(12-6-5-7-13(18)10-12)19-11-15(20-16)14-8-3-4-9-17-14/h5-7,10,14-15,17-18H,2-4,8-9,11H2,1H3/t14-,15+,16-/m0/s1. The second-order valence-corrected chi connectivity index (χ2v) is 5.68. The van der Waals surface area contributed by atoms with Crippen LogP contribution in [-0.2, 0) is 15.3 Å². The van der Waals surface area contributed by atoms with Gasteiger partial charge in [0, 0.05) is 18.0 Å². The summed E-state index contributed by atoms with van der Waals surface area (Å²) in [6.45, 7) is 3.73. The summed E-state index contributed by atoms with van der Waals surface area (Å²) in [5.74, 6) is -0.454. The van der Waals surface area contributed by atoms with Crippen LogP contribution in [0, 0.1) is 0 Å². The maximum Gasteiger partial charge on any atom is 0.195 e. The molecule has 4 heteroatoms. The van der Waals surface area contributed by atoms with Crippen molar-refractivity contribution in [3.05, 3.63) is 29.8 Å². The first-order chi connectivity index (χ1) is 9.73. The van der Waals surface area contributed by atoms with Crippen LogP contribution in [0.15, 0.2) is 24.3 Å². The molecule has 2 aliphatic heterocycles. The number of hydrogen-bond donors (Lipinski definition) is 2. The van der Waals surface area contributed by atoms with Gasteiger partial charge in [0.15, 0.2) is 5.79 Å². The molecule has 3 atom stereocenters. The van der Waals surface area contributed by atoms with Crippen molar-refractivity contribution in [3.63, 3.8) is 0 Å². The van der Waals surface area contributed by atoms with E-state index in [-0.39, 0.29) is 11.9 Å². The van der Waals surface area contributed by atoms with Crippen LogP contribution in [0.1, 0.15) is 38.2 Å².